The van der Waals surface area contributed by atoms with Crippen LogP contribution in [-0.4, -0.2) is 17.0 Å². The van der Waals surface area contributed by atoms with Crippen LogP contribution in [0.1, 0.15) is 26.5 Å². The summed E-state index contributed by atoms with van der Waals surface area (Å²) in [4.78, 5) is 23.2. The van der Waals surface area contributed by atoms with Crippen LogP contribution in [0.4, 0.5) is 5.69 Å². The first-order valence-electron chi connectivity index (χ1n) is 5.48. The van der Waals surface area contributed by atoms with Gasteiger partial charge in [0.2, 0.25) is 0 Å². The fourth-order valence-corrected chi connectivity index (χ4v) is 2.19. The number of carboxylic acids is 1. The second-order valence-electron chi connectivity index (χ2n) is 4.00. The second kappa shape index (κ2) is 5.56. The van der Waals surface area contributed by atoms with Gasteiger partial charge in [0.15, 0.2) is 5.76 Å². The molecule has 0 aliphatic rings. The molecule has 7 heteroatoms. The maximum absolute atomic E-state index is 12.0. The van der Waals surface area contributed by atoms with E-state index in [9.17, 15) is 9.59 Å². The molecule has 2 rings (SSSR count). The number of nitrogens with one attached hydrogen (secondary N) is 1. The molecule has 0 unspecified atom stereocenters. The first-order valence-corrected chi connectivity index (χ1v) is 6.23. The molecule has 1 aromatic carbocycles. The van der Waals surface area contributed by atoms with Crippen molar-refractivity contribution in [3.63, 3.8) is 0 Å². The number of hydrogen-bond donors (Lipinski definition) is 2. The average Bonchev–Trinajstić information content (AvgIpc) is 2.78. The van der Waals surface area contributed by atoms with Gasteiger partial charge in [-0.15, -0.1) is 0 Å². The number of benzene rings is 1. The summed E-state index contributed by atoms with van der Waals surface area (Å²) in [5.41, 5.74) is 0.411. The van der Waals surface area contributed by atoms with E-state index in [0.29, 0.717) is 5.56 Å². The van der Waals surface area contributed by atoms with Gasteiger partial charge in [0.05, 0.1) is 22.5 Å². The van der Waals surface area contributed by atoms with Crippen LogP contribution in [-0.2, 0) is 0 Å². The normalized spacial score (nSPS) is 10.3. The highest BCUT2D eigenvalue weighted by atomic mass is 35.5. The topological polar surface area (TPSA) is 79.5 Å². The van der Waals surface area contributed by atoms with Crippen LogP contribution in [0.2, 0.25) is 10.0 Å². The Kier molecular flexibility index (Phi) is 4.01. The Morgan fingerprint density at radius 2 is 2.00 bits per heavy atom. The molecule has 0 radical (unpaired) electrons. The number of furan rings is 1. The standard InChI is InChI=1S/C13H9Cl2NO4/c1-6-2-3-20-11(6)12(17)16-10-8(13(18)19)4-7(14)5-9(10)15/h2-5H,1H3,(H,16,17)(H,18,19). The molecular formula is C13H9Cl2NO4. The fraction of sp³-hybridized carbons (Fsp3) is 0.0769. The van der Waals surface area contributed by atoms with Gasteiger partial charge in [0.1, 0.15) is 0 Å². The minimum absolute atomic E-state index is 0.0237. The maximum Gasteiger partial charge on any atom is 0.337 e. The molecule has 2 N–H and O–H groups in total. The van der Waals surface area contributed by atoms with E-state index in [1.165, 1.54) is 18.4 Å². The van der Waals surface area contributed by atoms with Gasteiger partial charge in [0, 0.05) is 10.6 Å². The Balaban J connectivity index is 2.41. The van der Waals surface area contributed by atoms with Gasteiger partial charge < -0.3 is 14.8 Å². The molecule has 0 aliphatic carbocycles. The number of anilines is 1. The summed E-state index contributed by atoms with van der Waals surface area (Å²) in [7, 11) is 0. The molecular weight excluding hydrogens is 305 g/mol. The first kappa shape index (κ1) is 14.4. The van der Waals surface area contributed by atoms with Crippen molar-refractivity contribution in [1.82, 2.24) is 0 Å². The summed E-state index contributed by atoms with van der Waals surface area (Å²) in [6, 6.07) is 4.18. The van der Waals surface area contributed by atoms with Gasteiger partial charge >= 0.3 is 5.97 Å². The number of carbonyl (C=O) groups is 2. The summed E-state index contributed by atoms with van der Waals surface area (Å²) in [5, 5.41) is 11.7. The lowest BCUT2D eigenvalue weighted by atomic mass is 10.1. The molecule has 1 aromatic heterocycles. The second-order valence-corrected chi connectivity index (χ2v) is 4.85. The van der Waals surface area contributed by atoms with Crippen LogP contribution in [0, 0.1) is 6.92 Å². The summed E-state index contributed by atoms with van der Waals surface area (Å²) >= 11 is 11.7. The third kappa shape index (κ3) is 2.79. The minimum Gasteiger partial charge on any atom is -0.478 e. The maximum atomic E-state index is 12.0. The number of carbonyl (C=O) groups excluding carboxylic acids is 1. The zero-order chi connectivity index (χ0) is 14.9. The number of amides is 1. The van der Waals surface area contributed by atoms with Crippen molar-refractivity contribution in [3.8, 4) is 0 Å². The highest BCUT2D eigenvalue weighted by Gasteiger charge is 2.20. The van der Waals surface area contributed by atoms with E-state index in [-0.39, 0.29) is 27.1 Å². The molecule has 0 saturated carbocycles. The molecule has 20 heavy (non-hydrogen) atoms. The number of carboxylic acid groups (broad SMARTS) is 1. The van der Waals surface area contributed by atoms with Crippen molar-refractivity contribution in [2.75, 3.05) is 5.32 Å². The van der Waals surface area contributed by atoms with Crippen molar-refractivity contribution < 1.29 is 19.1 Å². The lowest BCUT2D eigenvalue weighted by Gasteiger charge is -2.10. The average molecular weight is 314 g/mol. The third-order valence-corrected chi connectivity index (χ3v) is 3.11. The van der Waals surface area contributed by atoms with Crippen LogP contribution in [0.25, 0.3) is 0 Å². The van der Waals surface area contributed by atoms with Gasteiger partial charge in [-0.1, -0.05) is 23.2 Å². The van der Waals surface area contributed by atoms with E-state index in [0.717, 1.165) is 0 Å². The van der Waals surface area contributed by atoms with E-state index in [2.05, 4.69) is 5.32 Å². The molecule has 1 heterocycles. The Bertz CT molecular complexity index is 694. The summed E-state index contributed by atoms with van der Waals surface area (Å²) in [5.74, 6) is -1.74. The molecule has 0 spiro atoms. The number of aryl methyl sites for hydroxylation is 1. The molecule has 0 atom stereocenters. The van der Waals surface area contributed by atoms with Crippen molar-refractivity contribution >= 4 is 40.8 Å². The smallest absolute Gasteiger partial charge is 0.337 e. The van der Waals surface area contributed by atoms with Crippen molar-refractivity contribution in [3.05, 3.63) is 51.4 Å². The zero-order valence-electron chi connectivity index (χ0n) is 10.2. The number of aromatic carboxylic acids is 1. The molecule has 0 bridgehead atoms. The predicted molar refractivity (Wildman–Crippen MR) is 74.8 cm³/mol. The van der Waals surface area contributed by atoms with Gasteiger partial charge in [-0.3, -0.25) is 4.79 Å². The van der Waals surface area contributed by atoms with Crippen molar-refractivity contribution in [2.24, 2.45) is 0 Å². The number of rotatable bonds is 3. The minimum atomic E-state index is -1.25. The van der Waals surface area contributed by atoms with E-state index in [1.54, 1.807) is 13.0 Å². The third-order valence-electron chi connectivity index (χ3n) is 2.59. The number of halogens is 2. The number of hydrogen-bond acceptors (Lipinski definition) is 3. The SMILES string of the molecule is Cc1ccoc1C(=O)Nc1c(Cl)cc(Cl)cc1C(=O)O. The van der Waals surface area contributed by atoms with E-state index < -0.39 is 11.9 Å². The molecule has 0 saturated heterocycles. The molecule has 104 valence electrons. The Labute approximate surface area is 124 Å². The largest absolute Gasteiger partial charge is 0.478 e. The highest BCUT2D eigenvalue weighted by Crippen LogP contribution is 2.31. The summed E-state index contributed by atoms with van der Waals surface area (Å²) < 4.78 is 5.03. The Hall–Kier alpha value is -1.98. The first-order chi connectivity index (χ1) is 9.40. The van der Waals surface area contributed by atoms with Gasteiger partial charge in [0.25, 0.3) is 5.91 Å². The van der Waals surface area contributed by atoms with E-state index in [1.807, 2.05) is 0 Å². The Morgan fingerprint density at radius 3 is 2.55 bits per heavy atom. The predicted octanol–water partition coefficient (Wildman–Crippen LogP) is 3.85. The van der Waals surface area contributed by atoms with Crippen LogP contribution in [0.5, 0.6) is 0 Å². The van der Waals surface area contributed by atoms with Crippen molar-refractivity contribution in [1.29, 1.82) is 0 Å². The molecule has 5 nitrogen and oxygen atoms in total. The monoisotopic (exact) mass is 313 g/mol. The van der Waals surface area contributed by atoms with E-state index in [4.69, 9.17) is 32.7 Å². The van der Waals surface area contributed by atoms with Gasteiger partial charge in [-0.25, -0.2) is 4.79 Å². The van der Waals surface area contributed by atoms with Crippen LogP contribution >= 0.6 is 23.2 Å². The molecule has 2 aromatic rings. The van der Waals surface area contributed by atoms with Crippen molar-refractivity contribution in [2.45, 2.75) is 6.92 Å². The lowest BCUT2D eigenvalue weighted by Crippen LogP contribution is -2.15. The zero-order valence-corrected chi connectivity index (χ0v) is 11.7. The van der Waals surface area contributed by atoms with Gasteiger partial charge in [-0.2, -0.15) is 0 Å². The summed E-state index contributed by atoms with van der Waals surface area (Å²) in [6.45, 7) is 1.69. The summed E-state index contributed by atoms with van der Waals surface area (Å²) in [6.07, 6.45) is 1.37. The van der Waals surface area contributed by atoms with Crippen LogP contribution in [0.3, 0.4) is 0 Å². The molecule has 0 aliphatic heterocycles. The van der Waals surface area contributed by atoms with Crippen LogP contribution in [0.15, 0.2) is 28.9 Å². The lowest BCUT2D eigenvalue weighted by molar-refractivity contribution is 0.0698. The molecule has 1 amide bonds. The van der Waals surface area contributed by atoms with Gasteiger partial charge in [-0.05, 0) is 25.1 Å². The highest BCUT2D eigenvalue weighted by molar-refractivity contribution is 6.38. The fourth-order valence-electron chi connectivity index (χ4n) is 1.64. The quantitative estimate of drug-likeness (QED) is 0.902. The Morgan fingerprint density at radius 1 is 1.30 bits per heavy atom. The van der Waals surface area contributed by atoms with Crippen LogP contribution < -0.4 is 5.32 Å². The molecule has 0 fully saturated rings. The van der Waals surface area contributed by atoms with E-state index >= 15 is 0 Å².